The van der Waals surface area contributed by atoms with Crippen LogP contribution in [0.15, 0.2) is 11.4 Å². The molecule has 0 saturated heterocycles. The molecule has 0 saturated carbocycles. The van der Waals surface area contributed by atoms with Crippen molar-refractivity contribution in [1.29, 1.82) is 0 Å². The Labute approximate surface area is 106 Å². The summed E-state index contributed by atoms with van der Waals surface area (Å²) in [6, 6.07) is 2.73. The number of nitrogens with zero attached hydrogens (tertiary/aromatic N) is 1. The molecule has 3 nitrogen and oxygen atoms in total. The van der Waals surface area contributed by atoms with Crippen molar-refractivity contribution in [2.24, 2.45) is 0 Å². The van der Waals surface area contributed by atoms with E-state index in [9.17, 15) is 4.79 Å². The normalized spacial score (nSPS) is 20.2. The number of carbonyl (C=O) groups is 1. The van der Waals surface area contributed by atoms with Crippen molar-refractivity contribution in [3.05, 3.63) is 21.9 Å². The highest BCUT2D eigenvalue weighted by molar-refractivity contribution is 7.10. The lowest BCUT2D eigenvalue weighted by Crippen LogP contribution is -2.35. The van der Waals surface area contributed by atoms with Crippen LogP contribution in [0.3, 0.4) is 0 Å². The first-order chi connectivity index (χ1) is 8.22. The zero-order valence-electron chi connectivity index (χ0n) is 10.2. The zero-order chi connectivity index (χ0) is 12.3. The fourth-order valence-electron chi connectivity index (χ4n) is 2.63. The van der Waals surface area contributed by atoms with Crippen LogP contribution in [0.4, 0.5) is 0 Å². The molecule has 1 unspecified atom stereocenters. The summed E-state index contributed by atoms with van der Waals surface area (Å²) < 4.78 is 0. The van der Waals surface area contributed by atoms with Crippen LogP contribution in [-0.4, -0.2) is 29.1 Å². The molecule has 2 rings (SSSR count). The summed E-state index contributed by atoms with van der Waals surface area (Å²) in [5.74, 6) is -0.689. The minimum absolute atomic E-state index is 0.281. The molecule has 1 aliphatic rings. The average Bonchev–Trinajstić information content (AvgIpc) is 2.76. The van der Waals surface area contributed by atoms with E-state index >= 15 is 0 Å². The average molecular weight is 253 g/mol. The molecular formula is C13H19NO2S. The Morgan fingerprint density at radius 3 is 3.18 bits per heavy atom. The smallest absolute Gasteiger partial charge is 0.303 e. The minimum Gasteiger partial charge on any atom is -0.481 e. The predicted molar refractivity (Wildman–Crippen MR) is 69.5 cm³/mol. The third-order valence-electron chi connectivity index (χ3n) is 3.43. The number of hydrogen-bond acceptors (Lipinski definition) is 3. The van der Waals surface area contributed by atoms with Crippen molar-refractivity contribution in [1.82, 2.24) is 4.90 Å². The summed E-state index contributed by atoms with van der Waals surface area (Å²) in [7, 11) is 0. The number of hydrogen-bond donors (Lipinski definition) is 1. The molecule has 1 aromatic rings. The van der Waals surface area contributed by atoms with Gasteiger partial charge < -0.3 is 5.11 Å². The molecule has 0 radical (unpaired) electrons. The van der Waals surface area contributed by atoms with Crippen LogP contribution in [0, 0.1) is 0 Å². The first-order valence-corrected chi connectivity index (χ1v) is 7.12. The lowest BCUT2D eigenvalue weighted by Gasteiger charge is -2.35. The van der Waals surface area contributed by atoms with Gasteiger partial charge in [0.25, 0.3) is 0 Å². The highest BCUT2D eigenvalue weighted by Gasteiger charge is 2.26. The van der Waals surface area contributed by atoms with Crippen LogP contribution in [0.25, 0.3) is 0 Å². The van der Waals surface area contributed by atoms with E-state index in [2.05, 4.69) is 23.3 Å². The van der Waals surface area contributed by atoms with Crippen LogP contribution < -0.4 is 0 Å². The third kappa shape index (κ3) is 2.87. The standard InChI is InChI=1S/C13H19NO2S/c1-2-11-10-6-9-17-12(10)5-8-14(11)7-3-4-13(15)16/h6,9,11H,2-5,7-8H2,1H3,(H,15,16). The van der Waals surface area contributed by atoms with E-state index in [0.29, 0.717) is 6.04 Å². The van der Waals surface area contributed by atoms with Gasteiger partial charge in [-0.2, -0.15) is 0 Å². The molecule has 0 aliphatic carbocycles. The molecule has 0 aromatic carbocycles. The summed E-state index contributed by atoms with van der Waals surface area (Å²) in [6.07, 6.45) is 3.27. The van der Waals surface area contributed by atoms with Gasteiger partial charge in [-0.3, -0.25) is 9.69 Å². The van der Waals surface area contributed by atoms with Crippen LogP contribution >= 0.6 is 11.3 Å². The molecule has 1 aliphatic heterocycles. The lowest BCUT2D eigenvalue weighted by molar-refractivity contribution is -0.137. The van der Waals surface area contributed by atoms with Gasteiger partial charge in [-0.15, -0.1) is 11.3 Å². The molecule has 1 N–H and O–H groups in total. The monoisotopic (exact) mass is 253 g/mol. The van der Waals surface area contributed by atoms with E-state index in [1.54, 1.807) is 0 Å². The molecule has 94 valence electrons. The topological polar surface area (TPSA) is 40.5 Å². The molecule has 2 heterocycles. The molecule has 17 heavy (non-hydrogen) atoms. The number of carboxylic acids is 1. The molecule has 1 aromatic heterocycles. The Balaban J connectivity index is 1.97. The fourth-order valence-corrected chi connectivity index (χ4v) is 3.56. The SMILES string of the molecule is CCC1c2ccsc2CCN1CCCC(=O)O. The summed E-state index contributed by atoms with van der Waals surface area (Å²) in [5.41, 5.74) is 1.47. The van der Waals surface area contributed by atoms with Crippen molar-refractivity contribution in [2.75, 3.05) is 13.1 Å². The number of rotatable bonds is 5. The largest absolute Gasteiger partial charge is 0.481 e. The second-order valence-electron chi connectivity index (χ2n) is 4.51. The van der Waals surface area contributed by atoms with Crippen molar-refractivity contribution in [2.45, 2.75) is 38.6 Å². The van der Waals surface area contributed by atoms with Gasteiger partial charge in [-0.25, -0.2) is 0 Å². The maximum absolute atomic E-state index is 10.5. The zero-order valence-corrected chi connectivity index (χ0v) is 11.0. The van der Waals surface area contributed by atoms with Gasteiger partial charge in [0.2, 0.25) is 0 Å². The first kappa shape index (κ1) is 12.6. The van der Waals surface area contributed by atoms with Crippen molar-refractivity contribution < 1.29 is 9.90 Å². The number of thiophene rings is 1. The van der Waals surface area contributed by atoms with Crippen molar-refractivity contribution >= 4 is 17.3 Å². The van der Waals surface area contributed by atoms with Gasteiger partial charge in [-0.05, 0) is 42.8 Å². The van der Waals surface area contributed by atoms with Gasteiger partial charge in [0, 0.05) is 23.9 Å². The van der Waals surface area contributed by atoms with Gasteiger partial charge in [0.05, 0.1) is 0 Å². The summed E-state index contributed by atoms with van der Waals surface area (Å²) in [5, 5.41) is 10.8. The van der Waals surface area contributed by atoms with Crippen LogP contribution in [0.2, 0.25) is 0 Å². The van der Waals surface area contributed by atoms with Crippen LogP contribution in [0.1, 0.15) is 42.7 Å². The number of carboxylic acid groups (broad SMARTS) is 1. The van der Waals surface area contributed by atoms with Crippen molar-refractivity contribution in [3.63, 3.8) is 0 Å². The second kappa shape index (κ2) is 5.65. The highest BCUT2D eigenvalue weighted by atomic mass is 32.1. The quantitative estimate of drug-likeness (QED) is 0.877. The Kier molecular flexibility index (Phi) is 4.18. The van der Waals surface area contributed by atoms with Gasteiger partial charge in [0.15, 0.2) is 0 Å². The van der Waals surface area contributed by atoms with Gasteiger partial charge in [-0.1, -0.05) is 6.92 Å². The summed E-state index contributed by atoms with van der Waals surface area (Å²) >= 11 is 1.85. The van der Waals surface area contributed by atoms with Crippen LogP contribution in [0.5, 0.6) is 0 Å². The maximum atomic E-state index is 10.5. The molecule has 0 bridgehead atoms. The molecule has 0 spiro atoms. The molecule has 0 amide bonds. The van der Waals surface area contributed by atoms with Gasteiger partial charge in [0.1, 0.15) is 0 Å². The minimum atomic E-state index is -0.689. The molecule has 0 fully saturated rings. The number of aliphatic carboxylic acids is 1. The fraction of sp³-hybridized carbons (Fsp3) is 0.615. The van der Waals surface area contributed by atoms with Gasteiger partial charge >= 0.3 is 5.97 Å². The Morgan fingerprint density at radius 1 is 1.65 bits per heavy atom. The van der Waals surface area contributed by atoms with E-state index in [4.69, 9.17) is 5.11 Å². The maximum Gasteiger partial charge on any atom is 0.303 e. The second-order valence-corrected chi connectivity index (χ2v) is 5.51. The summed E-state index contributed by atoms with van der Waals surface area (Å²) in [6.45, 7) is 4.19. The molecule has 1 atom stereocenters. The van der Waals surface area contributed by atoms with Crippen molar-refractivity contribution in [3.8, 4) is 0 Å². The Hall–Kier alpha value is -0.870. The highest BCUT2D eigenvalue weighted by Crippen LogP contribution is 2.35. The molecular weight excluding hydrogens is 234 g/mol. The lowest BCUT2D eigenvalue weighted by atomic mass is 9.97. The van der Waals surface area contributed by atoms with E-state index in [1.165, 1.54) is 10.4 Å². The van der Waals surface area contributed by atoms with E-state index < -0.39 is 5.97 Å². The van der Waals surface area contributed by atoms with E-state index in [0.717, 1.165) is 32.4 Å². The summed E-state index contributed by atoms with van der Waals surface area (Å²) in [4.78, 5) is 14.5. The third-order valence-corrected chi connectivity index (χ3v) is 4.42. The Morgan fingerprint density at radius 2 is 2.47 bits per heavy atom. The van der Waals surface area contributed by atoms with Crippen LogP contribution in [-0.2, 0) is 11.2 Å². The predicted octanol–water partition coefficient (Wildman–Crippen LogP) is 2.92. The van der Waals surface area contributed by atoms with E-state index in [-0.39, 0.29) is 6.42 Å². The number of fused-ring (bicyclic) bond motifs is 1. The van der Waals surface area contributed by atoms with E-state index in [1.807, 2.05) is 11.3 Å². The first-order valence-electron chi connectivity index (χ1n) is 6.24. The Bertz CT molecular complexity index is 389. The molecule has 4 heteroatoms.